The average Bonchev–Trinajstić information content (AvgIpc) is 2.14. The Labute approximate surface area is 91.1 Å². The van der Waals surface area contributed by atoms with Crippen LogP contribution in [-0.2, 0) is 14.6 Å². The zero-order chi connectivity index (χ0) is 11.5. The number of rotatable bonds is 4. The molecule has 0 atom stereocenters. The van der Waals surface area contributed by atoms with Gasteiger partial charge in [0.2, 0.25) is 0 Å². The Morgan fingerprint density at radius 2 is 1.80 bits per heavy atom. The molecular formula is C10H19NO3S. The maximum Gasteiger partial charge on any atom is 0.153 e. The minimum atomic E-state index is -3.06. The van der Waals surface area contributed by atoms with Crippen molar-refractivity contribution in [2.75, 3.05) is 12.0 Å². The molecule has 0 radical (unpaired) electrons. The maximum absolute atomic E-state index is 11.8. The van der Waals surface area contributed by atoms with Crippen LogP contribution in [0.2, 0.25) is 0 Å². The molecule has 5 heteroatoms. The van der Waals surface area contributed by atoms with E-state index in [1.807, 2.05) is 0 Å². The van der Waals surface area contributed by atoms with Crippen molar-refractivity contribution in [1.82, 2.24) is 0 Å². The quantitative estimate of drug-likeness (QED) is 0.773. The van der Waals surface area contributed by atoms with Crippen molar-refractivity contribution in [3.05, 3.63) is 0 Å². The molecule has 0 aromatic rings. The predicted octanol–water partition coefficient (Wildman–Crippen LogP) is 0.652. The van der Waals surface area contributed by atoms with Crippen LogP contribution in [0.4, 0.5) is 0 Å². The first kappa shape index (κ1) is 12.6. The van der Waals surface area contributed by atoms with Crippen molar-refractivity contribution in [1.29, 1.82) is 0 Å². The molecule has 0 aromatic heterocycles. The molecular weight excluding hydrogens is 214 g/mol. The SMILES string of the molecule is CS(=O)(=O)CCC(=O)C1(N)CCCCC1. The van der Waals surface area contributed by atoms with E-state index < -0.39 is 15.4 Å². The van der Waals surface area contributed by atoms with Gasteiger partial charge in [-0.05, 0) is 12.8 Å². The molecule has 0 heterocycles. The Morgan fingerprint density at radius 3 is 2.27 bits per heavy atom. The van der Waals surface area contributed by atoms with E-state index in [4.69, 9.17) is 5.73 Å². The van der Waals surface area contributed by atoms with Crippen molar-refractivity contribution in [2.24, 2.45) is 5.73 Å². The zero-order valence-corrected chi connectivity index (χ0v) is 9.98. The van der Waals surface area contributed by atoms with Crippen LogP contribution in [0.1, 0.15) is 38.5 Å². The molecule has 4 nitrogen and oxygen atoms in total. The first-order valence-corrected chi connectivity index (χ1v) is 7.39. The molecule has 0 aromatic carbocycles. The van der Waals surface area contributed by atoms with Gasteiger partial charge in [-0.25, -0.2) is 8.42 Å². The van der Waals surface area contributed by atoms with Crippen molar-refractivity contribution < 1.29 is 13.2 Å². The summed E-state index contributed by atoms with van der Waals surface area (Å²) >= 11 is 0. The van der Waals surface area contributed by atoms with Gasteiger partial charge in [-0.3, -0.25) is 4.79 Å². The van der Waals surface area contributed by atoms with Crippen molar-refractivity contribution >= 4 is 15.6 Å². The fraction of sp³-hybridized carbons (Fsp3) is 0.900. The number of sulfone groups is 1. The highest BCUT2D eigenvalue weighted by Gasteiger charge is 2.34. The van der Waals surface area contributed by atoms with Gasteiger partial charge in [0.25, 0.3) is 0 Å². The molecule has 1 aliphatic rings. The highest BCUT2D eigenvalue weighted by molar-refractivity contribution is 7.90. The van der Waals surface area contributed by atoms with Crippen LogP contribution in [0.25, 0.3) is 0 Å². The molecule has 0 spiro atoms. The third-order valence-corrected chi connectivity index (χ3v) is 3.95. The Morgan fingerprint density at radius 1 is 1.27 bits per heavy atom. The molecule has 0 unspecified atom stereocenters. The van der Waals surface area contributed by atoms with Crippen LogP contribution < -0.4 is 5.73 Å². The van der Waals surface area contributed by atoms with Crippen LogP contribution in [0, 0.1) is 0 Å². The van der Waals surface area contributed by atoms with E-state index in [2.05, 4.69) is 0 Å². The lowest BCUT2D eigenvalue weighted by molar-refractivity contribution is -0.124. The lowest BCUT2D eigenvalue weighted by atomic mass is 9.79. The first-order valence-electron chi connectivity index (χ1n) is 5.33. The van der Waals surface area contributed by atoms with Crippen molar-refractivity contribution in [3.8, 4) is 0 Å². The molecule has 0 aliphatic heterocycles. The summed E-state index contributed by atoms with van der Waals surface area (Å²) in [5.41, 5.74) is 5.24. The Hall–Kier alpha value is -0.420. The molecule has 1 rings (SSSR count). The lowest BCUT2D eigenvalue weighted by Gasteiger charge is -2.31. The minimum absolute atomic E-state index is 0.0648. The fourth-order valence-corrected chi connectivity index (χ4v) is 2.54. The van der Waals surface area contributed by atoms with Gasteiger partial charge < -0.3 is 5.73 Å². The van der Waals surface area contributed by atoms with E-state index in [9.17, 15) is 13.2 Å². The number of hydrogen-bond acceptors (Lipinski definition) is 4. The van der Waals surface area contributed by atoms with E-state index >= 15 is 0 Å². The topological polar surface area (TPSA) is 77.2 Å². The molecule has 0 saturated heterocycles. The summed E-state index contributed by atoms with van der Waals surface area (Å²) in [5.74, 6) is -0.169. The summed E-state index contributed by atoms with van der Waals surface area (Å²) in [4.78, 5) is 11.8. The summed E-state index contributed by atoms with van der Waals surface area (Å²) in [6.07, 6.45) is 5.69. The standard InChI is InChI=1S/C10H19NO3S/c1-15(13,14)8-5-9(12)10(11)6-3-2-4-7-10/h2-8,11H2,1H3. The van der Waals surface area contributed by atoms with E-state index in [1.54, 1.807) is 0 Å². The number of Topliss-reactive ketones (excluding diaryl/α,β-unsaturated/α-hetero) is 1. The van der Waals surface area contributed by atoms with Gasteiger partial charge in [0.05, 0.1) is 11.3 Å². The number of nitrogens with two attached hydrogens (primary N) is 1. The second-order valence-electron chi connectivity index (χ2n) is 4.52. The summed E-state index contributed by atoms with van der Waals surface area (Å²) < 4.78 is 21.9. The van der Waals surface area contributed by atoms with Gasteiger partial charge in [0.1, 0.15) is 9.84 Å². The fourth-order valence-electron chi connectivity index (χ4n) is 1.99. The number of carbonyl (C=O) groups excluding carboxylic acids is 1. The van der Waals surface area contributed by atoms with Crippen molar-refractivity contribution in [3.63, 3.8) is 0 Å². The van der Waals surface area contributed by atoms with Gasteiger partial charge in [-0.15, -0.1) is 0 Å². The van der Waals surface area contributed by atoms with Gasteiger partial charge in [-0.2, -0.15) is 0 Å². The second kappa shape index (κ2) is 4.61. The molecule has 2 N–H and O–H groups in total. The number of ketones is 1. The largest absolute Gasteiger partial charge is 0.319 e. The van der Waals surface area contributed by atoms with E-state index in [0.717, 1.165) is 25.5 Å². The average molecular weight is 233 g/mol. The van der Waals surface area contributed by atoms with Crippen LogP contribution in [0.15, 0.2) is 0 Å². The summed E-state index contributed by atoms with van der Waals surface area (Å²) in [5, 5.41) is 0. The Balaban J connectivity index is 2.52. The van der Waals surface area contributed by atoms with Crippen LogP contribution in [-0.4, -0.2) is 31.7 Å². The Kier molecular flexibility index (Phi) is 3.89. The first-order chi connectivity index (χ1) is 6.83. The van der Waals surface area contributed by atoms with Gasteiger partial charge in [-0.1, -0.05) is 19.3 Å². The highest BCUT2D eigenvalue weighted by Crippen LogP contribution is 2.27. The smallest absolute Gasteiger partial charge is 0.153 e. The van der Waals surface area contributed by atoms with E-state index in [-0.39, 0.29) is 18.0 Å². The summed E-state index contributed by atoms with van der Waals surface area (Å²) in [7, 11) is -3.06. The minimum Gasteiger partial charge on any atom is -0.319 e. The summed E-state index contributed by atoms with van der Waals surface area (Å²) in [6.45, 7) is 0. The van der Waals surface area contributed by atoms with Gasteiger partial charge in [0, 0.05) is 12.7 Å². The normalized spacial score (nSPS) is 21.2. The lowest BCUT2D eigenvalue weighted by Crippen LogP contribution is -2.49. The monoisotopic (exact) mass is 233 g/mol. The number of hydrogen-bond donors (Lipinski definition) is 1. The van der Waals surface area contributed by atoms with E-state index in [1.165, 1.54) is 0 Å². The molecule has 1 aliphatic carbocycles. The maximum atomic E-state index is 11.8. The van der Waals surface area contributed by atoms with Crippen LogP contribution in [0.5, 0.6) is 0 Å². The van der Waals surface area contributed by atoms with Crippen LogP contribution >= 0.6 is 0 Å². The van der Waals surface area contributed by atoms with Crippen LogP contribution in [0.3, 0.4) is 0 Å². The van der Waals surface area contributed by atoms with Gasteiger partial charge >= 0.3 is 0 Å². The third-order valence-electron chi connectivity index (χ3n) is 3.00. The molecule has 0 amide bonds. The zero-order valence-electron chi connectivity index (χ0n) is 9.16. The number of carbonyl (C=O) groups is 1. The molecule has 1 saturated carbocycles. The summed E-state index contributed by atoms with van der Waals surface area (Å²) in [6, 6.07) is 0. The Bertz CT molecular complexity index is 329. The van der Waals surface area contributed by atoms with Gasteiger partial charge in [0.15, 0.2) is 5.78 Å². The highest BCUT2D eigenvalue weighted by atomic mass is 32.2. The predicted molar refractivity (Wildman–Crippen MR) is 59.3 cm³/mol. The third kappa shape index (κ3) is 3.91. The van der Waals surface area contributed by atoms with E-state index in [0.29, 0.717) is 12.8 Å². The molecule has 15 heavy (non-hydrogen) atoms. The molecule has 1 fully saturated rings. The second-order valence-corrected chi connectivity index (χ2v) is 6.78. The van der Waals surface area contributed by atoms with Crippen molar-refractivity contribution in [2.45, 2.75) is 44.1 Å². The molecule has 88 valence electrons. The molecule has 0 bridgehead atoms.